The molecule has 1 atom stereocenters. The number of rotatable bonds is 4. The number of fused-ring (bicyclic) bond motifs is 1. The van der Waals surface area contributed by atoms with Crippen LogP contribution in [0.1, 0.15) is 43.6 Å². The van der Waals surface area contributed by atoms with Crippen molar-refractivity contribution in [3.05, 3.63) is 64.0 Å². The molecule has 2 aromatic carbocycles. The van der Waals surface area contributed by atoms with Crippen LogP contribution in [0.5, 0.6) is 5.75 Å². The number of carbonyl (C=O) groups is 2. The maximum atomic E-state index is 13.1. The fraction of sp³-hybridized carbons (Fsp3) is 0.292. The topological polar surface area (TPSA) is 106 Å². The quantitative estimate of drug-likeness (QED) is 0.419. The molecule has 0 aliphatic rings. The number of hydrogen-bond donors (Lipinski definition) is 2. The lowest BCUT2D eigenvalue weighted by Gasteiger charge is -2.22. The van der Waals surface area contributed by atoms with E-state index in [9.17, 15) is 32.7 Å². The summed E-state index contributed by atoms with van der Waals surface area (Å²) in [6.45, 7) is 6.28. The average molecular weight is 477 g/mol. The van der Waals surface area contributed by atoms with Crippen LogP contribution in [-0.4, -0.2) is 28.6 Å². The minimum Gasteiger partial charge on any atom is -0.506 e. The summed E-state index contributed by atoms with van der Waals surface area (Å²) >= 11 is 0. The van der Waals surface area contributed by atoms with Gasteiger partial charge in [-0.3, -0.25) is 4.79 Å². The second-order valence-electron chi connectivity index (χ2n) is 8.60. The number of nitrogens with one attached hydrogen (secondary N) is 1. The van der Waals surface area contributed by atoms with Crippen molar-refractivity contribution in [3.63, 3.8) is 0 Å². The normalized spacial score (nSPS) is 12.9. The van der Waals surface area contributed by atoms with E-state index in [0.29, 0.717) is 0 Å². The van der Waals surface area contributed by atoms with Crippen molar-refractivity contribution in [2.45, 2.75) is 45.5 Å². The number of amides is 1. The van der Waals surface area contributed by atoms with Crippen LogP contribution >= 0.6 is 0 Å². The van der Waals surface area contributed by atoms with E-state index in [1.54, 1.807) is 20.8 Å². The molecule has 0 radical (unpaired) electrons. The van der Waals surface area contributed by atoms with Crippen molar-refractivity contribution in [3.8, 4) is 16.9 Å². The van der Waals surface area contributed by atoms with Gasteiger partial charge in [0.05, 0.1) is 10.9 Å². The number of benzene rings is 2. The van der Waals surface area contributed by atoms with E-state index in [4.69, 9.17) is 9.15 Å². The molecule has 0 saturated carbocycles. The van der Waals surface area contributed by atoms with Gasteiger partial charge >= 0.3 is 17.8 Å². The summed E-state index contributed by atoms with van der Waals surface area (Å²) in [5.41, 5.74) is -3.66. The molecule has 3 aromatic rings. The van der Waals surface area contributed by atoms with Crippen LogP contribution in [0.25, 0.3) is 22.1 Å². The predicted octanol–water partition coefficient (Wildman–Crippen LogP) is 4.64. The minimum absolute atomic E-state index is 0.0652. The first-order valence-corrected chi connectivity index (χ1v) is 10.2. The van der Waals surface area contributed by atoms with Crippen LogP contribution in [0.2, 0.25) is 0 Å². The molecule has 10 heteroatoms. The van der Waals surface area contributed by atoms with E-state index < -0.39 is 52.2 Å². The van der Waals surface area contributed by atoms with Crippen LogP contribution in [0.15, 0.2) is 51.7 Å². The monoisotopic (exact) mass is 477 g/mol. The molecule has 1 unspecified atom stereocenters. The minimum atomic E-state index is -4.58. The highest BCUT2D eigenvalue weighted by Crippen LogP contribution is 2.36. The van der Waals surface area contributed by atoms with Crippen molar-refractivity contribution in [1.82, 2.24) is 5.32 Å². The van der Waals surface area contributed by atoms with Crippen LogP contribution < -0.4 is 10.9 Å². The lowest BCUT2D eigenvalue weighted by molar-refractivity contribution is -0.156. The maximum Gasteiger partial charge on any atom is 0.416 e. The molecule has 0 saturated heterocycles. The number of carbonyl (C=O) groups excluding carboxylic acids is 2. The van der Waals surface area contributed by atoms with E-state index >= 15 is 0 Å². The SMILES string of the molecule is CC(NC(=O)c1c(O)c2cccc(-c3cccc(C(F)(F)F)c3)c2oc1=O)C(=O)OC(C)(C)C. The summed E-state index contributed by atoms with van der Waals surface area (Å²) in [5.74, 6) is -2.55. The Morgan fingerprint density at radius 3 is 2.35 bits per heavy atom. The molecule has 7 nitrogen and oxygen atoms in total. The lowest BCUT2D eigenvalue weighted by Crippen LogP contribution is -2.43. The van der Waals surface area contributed by atoms with Gasteiger partial charge < -0.3 is 19.6 Å². The van der Waals surface area contributed by atoms with Crippen molar-refractivity contribution in [2.75, 3.05) is 0 Å². The summed E-state index contributed by atoms with van der Waals surface area (Å²) in [6, 6.07) is 7.44. The molecule has 0 spiro atoms. The van der Waals surface area contributed by atoms with Crippen molar-refractivity contribution in [2.24, 2.45) is 0 Å². The molecule has 3 rings (SSSR count). The van der Waals surface area contributed by atoms with E-state index in [2.05, 4.69) is 5.32 Å². The van der Waals surface area contributed by atoms with Crippen LogP contribution in [-0.2, 0) is 15.7 Å². The summed E-state index contributed by atoms with van der Waals surface area (Å²) in [7, 11) is 0. The summed E-state index contributed by atoms with van der Waals surface area (Å²) < 4.78 is 49.8. The molecule has 0 fully saturated rings. The maximum absolute atomic E-state index is 13.1. The number of aromatic hydroxyl groups is 1. The standard InChI is InChI=1S/C24H22F3NO6/c1-12(21(31)34-23(2,3)4)28-20(30)17-18(29)16-10-6-9-15(19(16)33-22(17)32)13-7-5-8-14(11-13)24(25,26)27/h5-12,29H,1-4H3,(H,28,30). The third kappa shape index (κ3) is 5.22. The number of ether oxygens (including phenoxy) is 1. The molecule has 34 heavy (non-hydrogen) atoms. The van der Waals surface area contributed by atoms with Crippen molar-refractivity contribution in [1.29, 1.82) is 0 Å². The third-order valence-electron chi connectivity index (χ3n) is 4.74. The molecular formula is C24H22F3NO6. The van der Waals surface area contributed by atoms with E-state index in [0.717, 1.165) is 12.1 Å². The first-order chi connectivity index (χ1) is 15.7. The molecule has 0 aliphatic heterocycles. The highest BCUT2D eigenvalue weighted by atomic mass is 19.4. The smallest absolute Gasteiger partial charge is 0.416 e. The second-order valence-corrected chi connectivity index (χ2v) is 8.60. The van der Waals surface area contributed by atoms with Crippen LogP contribution in [0.3, 0.4) is 0 Å². The van der Waals surface area contributed by atoms with Crippen LogP contribution in [0.4, 0.5) is 13.2 Å². The molecule has 2 N–H and O–H groups in total. The Kier molecular flexibility index (Phi) is 6.46. The first-order valence-electron chi connectivity index (χ1n) is 10.2. The van der Waals surface area contributed by atoms with Gasteiger partial charge in [0.25, 0.3) is 5.91 Å². The second kappa shape index (κ2) is 8.85. The predicted molar refractivity (Wildman–Crippen MR) is 117 cm³/mol. The van der Waals surface area contributed by atoms with Gasteiger partial charge in [0.1, 0.15) is 23.0 Å². The van der Waals surface area contributed by atoms with Gasteiger partial charge in [-0.2, -0.15) is 13.2 Å². The van der Waals surface area contributed by atoms with Gasteiger partial charge in [-0.05, 0) is 51.5 Å². The number of halogens is 3. The Balaban J connectivity index is 2.03. The van der Waals surface area contributed by atoms with Crippen LogP contribution in [0, 0.1) is 0 Å². The fourth-order valence-electron chi connectivity index (χ4n) is 3.22. The fourth-order valence-corrected chi connectivity index (χ4v) is 3.22. The molecular weight excluding hydrogens is 455 g/mol. The van der Waals surface area contributed by atoms with Gasteiger partial charge in [0.15, 0.2) is 5.56 Å². The zero-order chi connectivity index (χ0) is 25.4. The zero-order valence-corrected chi connectivity index (χ0v) is 18.7. The molecule has 180 valence electrons. The third-order valence-corrected chi connectivity index (χ3v) is 4.74. The Labute approximate surface area is 192 Å². The van der Waals surface area contributed by atoms with Gasteiger partial charge in [-0.15, -0.1) is 0 Å². The average Bonchev–Trinajstić information content (AvgIpc) is 2.71. The lowest BCUT2D eigenvalue weighted by atomic mass is 9.99. The van der Waals surface area contributed by atoms with E-state index in [1.807, 2.05) is 0 Å². The van der Waals surface area contributed by atoms with E-state index in [1.165, 1.54) is 37.3 Å². The number of para-hydroxylation sites is 1. The molecule has 1 amide bonds. The van der Waals surface area contributed by atoms with Gasteiger partial charge in [0, 0.05) is 5.56 Å². The van der Waals surface area contributed by atoms with Crippen molar-refractivity contribution >= 4 is 22.8 Å². The Morgan fingerprint density at radius 2 is 1.74 bits per heavy atom. The Hall–Kier alpha value is -3.82. The molecule has 0 bridgehead atoms. The summed E-state index contributed by atoms with van der Waals surface area (Å²) in [4.78, 5) is 37.4. The highest BCUT2D eigenvalue weighted by Gasteiger charge is 2.31. The molecule has 0 aliphatic carbocycles. The van der Waals surface area contributed by atoms with E-state index in [-0.39, 0.29) is 22.1 Å². The number of alkyl halides is 3. The van der Waals surface area contributed by atoms with Gasteiger partial charge in [-0.1, -0.05) is 24.3 Å². The number of esters is 1. The van der Waals surface area contributed by atoms with Gasteiger partial charge in [0.2, 0.25) is 0 Å². The molecule has 1 aromatic heterocycles. The first kappa shape index (κ1) is 24.8. The highest BCUT2D eigenvalue weighted by molar-refractivity contribution is 6.05. The molecule has 1 heterocycles. The summed E-state index contributed by atoms with van der Waals surface area (Å²) in [6.07, 6.45) is -4.58. The zero-order valence-electron chi connectivity index (χ0n) is 18.7. The van der Waals surface area contributed by atoms with Gasteiger partial charge in [-0.25, -0.2) is 9.59 Å². The Bertz CT molecular complexity index is 1320. The number of hydrogen-bond acceptors (Lipinski definition) is 6. The summed E-state index contributed by atoms with van der Waals surface area (Å²) in [5, 5.41) is 12.9. The Morgan fingerprint density at radius 1 is 1.09 bits per heavy atom. The van der Waals surface area contributed by atoms with Crippen molar-refractivity contribution < 1.29 is 37.0 Å². The largest absolute Gasteiger partial charge is 0.506 e.